The minimum atomic E-state index is -0.687. The van der Waals surface area contributed by atoms with E-state index in [1.807, 2.05) is 31.2 Å². The number of hydrogen-bond donors (Lipinski definition) is 2. The highest BCUT2D eigenvalue weighted by atomic mass is 16.6. The molecule has 0 saturated carbocycles. The van der Waals surface area contributed by atoms with E-state index in [0.29, 0.717) is 37.0 Å². The fourth-order valence-corrected chi connectivity index (χ4v) is 3.24. The lowest BCUT2D eigenvalue weighted by atomic mass is 9.90. The maximum Gasteiger partial charge on any atom is 0.347 e. The Morgan fingerprint density at radius 2 is 1.46 bits per heavy atom. The van der Waals surface area contributed by atoms with Crippen LogP contribution in [0.5, 0.6) is 5.75 Å². The standard InChI is InChI=1S/C11H16O.C10H16O4.C10H14O/c1-3-9(2)11-6-4-10(8-12)5-7-11;1-4-10(2,3)9(12)14-7-5-6-13-8(7)11;1-3-8(2)9-4-6-10(11)7-5-9/h4-7,9,12H,3,8H2,1-2H3;7H,4-6H2,1-3H3;4-8,11H,3H2,1-2H3. The molecular weight excluding hydrogens is 468 g/mol. The van der Waals surface area contributed by atoms with Crippen molar-refractivity contribution < 1.29 is 29.3 Å². The monoisotopic (exact) mass is 514 g/mol. The van der Waals surface area contributed by atoms with E-state index < -0.39 is 17.5 Å². The van der Waals surface area contributed by atoms with Gasteiger partial charge in [0.15, 0.2) is 0 Å². The number of cyclic esters (lactones) is 1. The van der Waals surface area contributed by atoms with Gasteiger partial charge in [0, 0.05) is 6.42 Å². The number of aliphatic hydroxyl groups is 1. The first kappa shape index (κ1) is 32.2. The number of benzene rings is 2. The molecule has 2 aromatic carbocycles. The van der Waals surface area contributed by atoms with Crippen molar-refractivity contribution in [2.24, 2.45) is 5.41 Å². The van der Waals surface area contributed by atoms with Crippen LogP contribution in [0.25, 0.3) is 0 Å². The summed E-state index contributed by atoms with van der Waals surface area (Å²) in [5.41, 5.74) is 3.12. The summed E-state index contributed by atoms with van der Waals surface area (Å²) in [6, 6.07) is 15.6. The first-order valence-electron chi connectivity index (χ1n) is 13.3. The first-order chi connectivity index (χ1) is 17.5. The molecule has 0 amide bonds. The molecule has 3 atom stereocenters. The molecular formula is C31H46O6. The number of carbonyl (C=O) groups excluding carboxylic acids is 2. The van der Waals surface area contributed by atoms with Gasteiger partial charge < -0.3 is 19.7 Å². The molecule has 0 aliphatic carbocycles. The summed E-state index contributed by atoms with van der Waals surface area (Å²) in [4.78, 5) is 22.6. The average molecular weight is 515 g/mol. The van der Waals surface area contributed by atoms with Crippen LogP contribution in [0, 0.1) is 5.41 Å². The molecule has 206 valence electrons. The third kappa shape index (κ3) is 11.0. The zero-order valence-electron chi connectivity index (χ0n) is 23.6. The van der Waals surface area contributed by atoms with E-state index in [9.17, 15) is 9.59 Å². The zero-order chi connectivity index (χ0) is 28.0. The fourth-order valence-electron chi connectivity index (χ4n) is 3.24. The Morgan fingerprint density at radius 1 is 0.973 bits per heavy atom. The maximum absolute atomic E-state index is 11.6. The van der Waals surface area contributed by atoms with Gasteiger partial charge in [0.25, 0.3) is 0 Å². The minimum absolute atomic E-state index is 0.140. The molecule has 1 aliphatic rings. The molecule has 3 rings (SSSR count). The Kier molecular flexibility index (Phi) is 14.0. The molecule has 1 heterocycles. The van der Waals surface area contributed by atoms with Gasteiger partial charge in [-0.25, -0.2) is 4.79 Å². The number of esters is 2. The van der Waals surface area contributed by atoms with Crippen molar-refractivity contribution in [1.82, 2.24) is 0 Å². The predicted molar refractivity (Wildman–Crippen MR) is 147 cm³/mol. The zero-order valence-corrected chi connectivity index (χ0v) is 23.6. The predicted octanol–water partition coefficient (Wildman–Crippen LogP) is 6.88. The largest absolute Gasteiger partial charge is 0.508 e. The summed E-state index contributed by atoms with van der Waals surface area (Å²) in [6.45, 7) is 14.8. The second-order valence-corrected chi connectivity index (χ2v) is 10.2. The third-order valence-corrected chi connectivity index (χ3v) is 6.99. The lowest BCUT2D eigenvalue weighted by Crippen LogP contribution is -2.32. The van der Waals surface area contributed by atoms with Crippen LogP contribution in [0.4, 0.5) is 0 Å². The van der Waals surface area contributed by atoms with E-state index in [1.165, 1.54) is 17.5 Å². The molecule has 0 aromatic heterocycles. The van der Waals surface area contributed by atoms with Crippen molar-refractivity contribution in [2.75, 3.05) is 6.61 Å². The number of aromatic hydroxyl groups is 1. The molecule has 0 spiro atoms. The number of ether oxygens (including phenoxy) is 2. The van der Waals surface area contributed by atoms with Gasteiger partial charge in [-0.15, -0.1) is 0 Å². The summed E-state index contributed by atoms with van der Waals surface area (Å²) < 4.78 is 9.76. The van der Waals surface area contributed by atoms with Crippen molar-refractivity contribution >= 4 is 11.9 Å². The lowest BCUT2D eigenvalue weighted by Gasteiger charge is -2.21. The van der Waals surface area contributed by atoms with Crippen LogP contribution in [0.3, 0.4) is 0 Å². The Labute approximate surface area is 223 Å². The van der Waals surface area contributed by atoms with E-state index in [2.05, 4.69) is 39.8 Å². The van der Waals surface area contributed by atoms with E-state index in [-0.39, 0.29) is 12.6 Å². The summed E-state index contributed by atoms with van der Waals surface area (Å²) in [5, 5.41) is 17.8. The number of hydrogen-bond acceptors (Lipinski definition) is 6. The quantitative estimate of drug-likeness (QED) is 0.373. The van der Waals surface area contributed by atoms with Gasteiger partial charge in [-0.05, 0) is 73.8 Å². The topological polar surface area (TPSA) is 93.1 Å². The average Bonchev–Trinajstić information content (AvgIpc) is 3.32. The van der Waals surface area contributed by atoms with Gasteiger partial charge in [0.2, 0.25) is 6.10 Å². The summed E-state index contributed by atoms with van der Waals surface area (Å²) in [5.74, 6) is 0.805. The molecule has 6 nitrogen and oxygen atoms in total. The molecule has 2 aromatic rings. The Hall–Kier alpha value is -2.86. The molecule has 3 unspecified atom stereocenters. The van der Waals surface area contributed by atoms with Gasteiger partial charge in [-0.1, -0.05) is 71.0 Å². The summed E-state index contributed by atoms with van der Waals surface area (Å²) in [7, 11) is 0. The van der Waals surface area contributed by atoms with Crippen molar-refractivity contribution in [1.29, 1.82) is 0 Å². The van der Waals surface area contributed by atoms with E-state index in [1.54, 1.807) is 26.0 Å². The highest BCUT2D eigenvalue weighted by molar-refractivity contribution is 5.82. The van der Waals surface area contributed by atoms with Gasteiger partial charge >= 0.3 is 11.9 Å². The number of phenolic OH excluding ortho intramolecular Hbond substituents is 1. The number of aliphatic hydroxyl groups excluding tert-OH is 1. The molecule has 6 heteroatoms. The molecule has 0 bridgehead atoms. The van der Waals surface area contributed by atoms with Crippen LogP contribution in [0.15, 0.2) is 48.5 Å². The number of carbonyl (C=O) groups is 2. The Balaban J connectivity index is 0.000000280. The van der Waals surface area contributed by atoms with Crippen molar-refractivity contribution in [3.05, 3.63) is 65.2 Å². The minimum Gasteiger partial charge on any atom is -0.508 e. The second-order valence-electron chi connectivity index (χ2n) is 10.2. The van der Waals surface area contributed by atoms with Crippen LogP contribution in [-0.2, 0) is 25.7 Å². The van der Waals surface area contributed by atoms with Crippen LogP contribution in [0.1, 0.15) is 103 Å². The van der Waals surface area contributed by atoms with Crippen LogP contribution in [0.2, 0.25) is 0 Å². The van der Waals surface area contributed by atoms with Gasteiger partial charge in [-0.2, -0.15) is 0 Å². The van der Waals surface area contributed by atoms with Gasteiger partial charge in [0.05, 0.1) is 18.6 Å². The van der Waals surface area contributed by atoms with E-state index in [4.69, 9.17) is 19.7 Å². The van der Waals surface area contributed by atoms with Crippen LogP contribution in [-0.4, -0.2) is 34.9 Å². The van der Waals surface area contributed by atoms with Crippen molar-refractivity contribution in [3.8, 4) is 5.75 Å². The van der Waals surface area contributed by atoms with Gasteiger partial charge in [0.1, 0.15) is 5.75 Å². The van der Waals surface area contributed by atoms with Crippen molar-refractivity contribution in [3.63, 3.8) is 0 Å². The van der Waals surface area contributed by atoms with E-state index in [0.717, 1.165) is 12.0 Å². The number of rotatable bonds is 8. The second kappa shape index (κ2) is 16.1. The van der Waals surface area contributed by atoms with Gasteiger partial charge in [-0.3, -0.25) is 4.79 Å². The Morgan fingerprint density at radius 3 is 1.84 bits per heavy atom. The maximum atomic E-state index is 11.6. The van der Waals surface area contributed by atoms with Crippen LogP contribution >= 0.6 is 0 Å². The highest BCUT2D eigenvalue weighted by Crippen LogP contribution is 2.24. The normalized spacial score (nSPS) is 16.3. The molecule has 1 aliphatic heterocycles. The van der Waals surface area contributed by atoms with Crippen LogP contribution < -0.4 is 0 Å². The molecule has 0 radical (unpaired) electrons. The highest BCUT2D eigenvalue weighted by Gasteiger charge is 2.35. The molecule has 1 saturated heterocycles. The fraction of sp³-hybridized carbons (Fsp3) is 0.548. The Bertz CT molecular complexity index is 933. The van der Waals surface area contributed by atoms with E-state index >= 15 is 0 Å². The SMILES string of the molecule is CCC(C)(C)C(=O)OC1CCOC1=O.CCC(C)c1ccc(CO)cc1.CCC(C)c1ccc(O)cc1. The third-order valence-electron chi connectivity index (χ3n) is 6.99. The molecule has 1 fully saturated rings. The lowest BCUT2D eigenvalue weighted by molar-refractivity contribution is -0.167. The number of phenols is 1. The summed E-state index contributed by atoms with van der Waals surface area (Å²) >= 11 is 0. The smallest absolute Gasteiger partial charge is 0.347 e. The molecule has 37 heavy (non-hydrogen) atoms. The van der Waals surface area contributed by atoms with Crippen molar-refractivity contribution in [2.45, 2.75) is 98.7 Å². The molecule has 2 N–H and O–H groups in total. The summed E-state index contributed by atoms with van der Waals surface area (Å²) in [6.07, 6.45) is 2.79. The first-order valence-corrected chi connectivity index (χ1v) is 13.3.